The monoisotopic (exact) mass is 309 g/mol. The molecule has 1 aromatic carbocycles. The number of nitro benzene ring substituents is 2. The van der Waals surface area contributed by atoms with E-state index in [1.165, 1.54) is 6.08 Å². The van der Waals surface area contributed by atoms with Gasteiger partial charge in [0.15, 0.2) is 0 Å². The van der Waals surface area contributed by atoms with E-state index in [4.69, 9.17) is 5.11 Å². The van der Waals surface area contributed by atoms with E-state index >= 15 is 0 Å². The molecule has 0 spiro atoms. The molecule has 2 N–H and O–H groups in total. The Kier molecular flexibility index (Phi) is 5.27. The molecule has 0 saturated heterocycles. The fourth-order valence-electron chi connectivity index (χ4n) is 1.57. The van der Waals surface area contributed by atoms with Crippen molar-refractivity contribution in [2.24, 2.45) is 0 Å². The van der Waals surface area contributed by atoms with Gasteiger partial charge in [0.25, 0.3) is 17.3 Å². The highest BCUT2D eigenvalue weighted by Crippen LogP contribution is 2.22. The summed E-state index contributed by atoms with van der Waals surface area (Å²) in [4.78, 5) is 42.5. The van der Waals surface area contributed by atoms with Crippen molar-refractivity contribution in [1.29, 1.82) is 0 Å². The number of hydrogen-bond donors (Lipinski definition) is 2. The first kappa shape index (κ1) is 16.8. The lowest BCUT2D eigenvalue weighted by molar-refractivity contribution is -0.394. The Bertz CT molecular complexity index is 624. The van der Waals surface area contributed by atoms with Gasteiger partial charge in [-0.25, -0.2) is 4.79 Å². The number of amides is 1. The van der Waals surface area contributed by atoms with Crippen LogP contribution < -0.4 is 5.32 Å². The molecule has 0 aliphatic carbocycles. The number of carbonyl (C=O) groups excluding carboxylic acids is 1. The Labute approximate surface area is 123 Å². The highest BCUT2D eigenvalue weighted by Gasteiger charge is 2.23. The van der Waals surface area contributed by atoms with Crippen molar-refractivity contribution < 1.29 is 24.5 Å². The maximum Gasteiger partial charge on any atom is 0.326 e. The Morgan fingerprint density at radius 2 is 1.73 bits per heavy atom. The lowest BCUT2D eigenvalue weighted by atomic mass is 10.1. The van der Waals surface area contributed by atoms with E-state index in [2.05, 4.69) is 11.9 Å². The van der Waals surface area contributed by atoms with Crippen LogP contribution in [0.4, 0.5) is 11.4 Å². The van der Waals surface area contributed by atoms with Gasteiger partial charge >= 0.3 is 5.97 Å². The molecule has 1 amide bonds. The van der Waals surface area contributed by atoms with Gasteiger partial charge in [0.05, 0.1) is 21.5 Å². The topological polar surface area (TPSA) is 153 Å². The van der Waals surface area contributed by atoms with Crippen molar-refractivity contribution in [3.8, 4) is 0 Å². The summed E-state index contributed by atoms with van der Waals surface area (Å²) in [6.45, 7) is 3.34. The largest absolute Gasteiger partial charge is 0.480 e. The summed E-state index contributed by atoms with van der Waals surface area (Å²) >= 11 is 0. The van der Waals surface area contributed by atoms with Crippen molar-refractivity contribution in [2.75, 3.05) is 0 Å². The minimum absolute atomic E-state index is 0.0713. The van der Waals surface area contributed by atoms with Gasteiger partial charge in [0, 0.05) is 12.1 Å². The predicted molar refractivity (Wildman–Crippen MR) is 73.5 cm³/mol. The summed E-state index contributed by atoms with van der Waals surface area (Å²) < 4.78 is 0. The smallest absolute Gasteiger partial charge is 0.326 e. The molecular weight excluding hydrogens is 298 g/mol. The Hall–Kier alpha value is -3.30. The van der Waals surface area contributed by atoms with Gasteiger partial charge in [-0.2, -0.15) is 0 Å². The fourth-order valence-corrected chi connectivity index (χ4v) is 1.57. The van der Waals surface area contributed by atoms with Crippen molar-refractivity contribution >= 4 is 23.3 Å². The third-order valence-electron chi connectivity index (χ3n) is 2.59. The molecule has 0 fully saturated rings. The normalized spacial score (nSPS) is 11.3. The van der Waals surface area contributed by atoms with E-state index in [1.54, 1.807) is 0 Å². The number of hydrogen-bond acceptors (Lipinski definition) is 6. The van der Waals surface area contributed by atoms with Gasteiger partial charge in [-0.3, -0.25) is 25.0 Å². The van der Waals surface area contributed by atoms with Crippen LogP contribution >= 0.6 is 0 Å². The van der Waals surface area contributed by atoms with Crippen molar-refractivity contribution in [2.45, 2.75) is 12.5 Å². The Morgan fingerprint density at radius 3 is 2.09 bits per heavy atom. The standard InChI is InChI=1S/C12H11N3O7/c1-2-3-10(12(17)18)13-11(16)7-4-8(14(19)20)6-9(5-7)15(21)22/h2,4-6,10H,1,3H2,(H,13,16)(H,17,18). The van der Waals surface area contributed by atoms with Crippen LogP contribution in [0.5, 0.6) is 0 Å². The summed E-state index contributed by atoms with van der Waals surface area (Å²) in [7, 11) is 0. The molecule has 1 aromatic rings. The summed E-state index contributed by atoms with van der Waals surface area (Å²) in [6.07, 6.45) is 1.20. The molecule has 1 rings (SSSR count). The molecule has 22 heavy (non-hydrogen) atoms. The number of carboxylic acid groups (broad SMARTS) is 1. The van der Waals surface area contributed by atoms with Gasteiger partial charge in [-0.05, 0) is 6.42 Å². The Balaban J connectivity index is 3.16. The number of nitrogens with zero attached hydrogens (tertiary/aromatic N) is 2. The molecule has 116 valence electrons. The van der Waals surface area contributed by atoms with Gasteiger partial charge in [0.2, 0.25) is 0 Å². The number of nitro groups is 2. The minimum Gasteiger partial charge on any atom is -0.480 e. The highest BCUT2D eigenvalue weighted by atomic mass is 16.6. The van der Waals surface area contributed by atoms with E-state index in [9.17, 15) is 29.8 Å². The van der Waals surface area contributed by atoms with E-state index < -0.39 is 39.1 Å². The van der Waals surface area contributed by atoms with Crippen molar-refractivity contribution in [3.63, 3.8) is 0 Å². The van der Waals surface area contributed by atoms with Crippen LogP contribution in [0.2, 0.25) is 0 Å². The lowest BCUT2D eigenvalue weighted by Gasteiger charge is -2.12. The van der Waals surface area contributed by atoms with Crippen molar-refractivity contribution in [3.05, 3.63) is 56.6 Å². The average Bonchev–Trinajstić information content (AvgIpc) is 2.45. The zero-order valence-corrected chi connectivity index (χ0v) is 11.1. The molecule has 10 nitrogen and oxygen atoms in total. The third kappa shape index (κ3) is 4.10. The molecule has 0 saturated carbocycles. The zero-order valence-electron chi connectivity index (χ0n) is 11.1. The number of nitrogens with one attached hydrogen (secondary N) is 1. The molecule has 0 aromatic heterocycles. The maximum atomic E-state index is 11.9. The second-order valence-corrected chi connectivity index (χ2v) is 4.14. The first-order valence-electron chi connectivity index (χ1n) is 5.84. The van der Waals surface area contributed by atoms with E-state index in [0.29, 0.717) is 6.07 Å². The minimum atomic E-state index is -1.33. The van der Waals surface area contributed by atoms with Crippen LogP contribution in [0.15, 0.2) is 30.9 Å². The molecule has 0 heterocycles. The average molecular weight is 309 g/mol. The van der Waals surface area contributed by atoms with Crippen LogP contribution in [0.25, 0.3) is 0 Å². The molecule has 10 heteroatoms. The molecule has 0 aliphatic heterocycles. The molecular formula is C12H11N3O7. The van der Waals surface area contributed by atoms with Crippen LogP contribution in [0, 0.1) is 20.2 Å². The molecule has 1 atom stereocenters. The number of rotatable bonds is 7. The predicted octanol–water partition coefficient (Wildman–Crippen LogP) is 1.26. The molecule has 0 radical (unpaired) electrons. The number of carbonyl (C=O) groups is 2. The van der Waals surface area contributed by atoms with E-state index in [0.717, 1.165) is 12.1 Å². The second kappa shape index (κ2) is 6.92. The van der Waals surface area contributed by atoms with Gasteiger partial charge in [-0.1, -0.05) is 6.08 Å². The number of aliphatic carboxylic acids is 1. The lowest BCUT2D eigenvalue weighted by Crippen LogP contribution is -2.40. The van der Waals surface area contributed by atoms with Crippen LogP contribution in [-0.2, 0) is 4.79 Å². The summed E-state index contributed by atoms with van der Waals surface area (Å²) in [5, 5.41) is 32.5. The number of non-ortho nitro benzene ring substituents is 2. The molecule has 1 unspecified atom stereocenters. The number of carboxylic acids is 1. The SMILES string of the molecule is C=CCC(NC(=O)c1cc([N+](=O)[O-])cc([N+](=O)[O-])c1)C(=O)O. The summed E-state index contributed by atoms with van der Waals surface area (Å²) in [5.41, 5.74) is -1.67. The first-order chi connectivity index (χ1) is 10.3. The van der Waals surface area contributed by atoms with E-state index in [1.807, 2.05) is 0 Å². The van der Waals surface area contributed by atoms with Gasteiger partial charge < -0.3 is 10.4 Å². The van der Waals surface area contributed by atoms with Crippen molar-refractivity contribution in [1.82, 2.24) is 5.32 Å². The third-order valence-corrected chi connectivity index (χ3v) is 2.59. The summed E-state index contributed by atoms with van der Waals surface area (Å²) in [5.74, 6) is -2.30. The van der Waals surface area contributed by atoms with Gasteiger partial charge in [0.1, 0.15) is 6.04 Å². The zero-order chi connectivity index (χ0) is 16.9. The number of benzene rings is 1. The second-order valence-electron chi connectivity index (χ2n) is 4.14. The molecule has 0 bridgehead atoms. The summed E-state index contributed by atoms with van der Waals surface area (Å²) in [6, 6.07) is 1.07. The van der Waals surface area contributed by atoms with Gasteiger partial charge in [-0.15, -0.1) is 6.58 Å². The van der Waals surface area contributed by atoms with Crippen LogP contribution in [-0.4, -0.2) is 32.9 Å². The quantitative estimate of drug-likeness (QED) is 0.436. The fraction of sp³-hybridized carbons (Fsp3) is 0.167. The molecule has 0 aliphatic rings. The van der Waals surface area contributed by atoms with Crippen LogP contribution in [0.1, 0.15) is 16.8 Å². The highest BCUT2D eigenvalue weighted by molar-refractivity contribution is 5.97. The maximum absolute atomic E-state index is 11.9. The van der Waals surface area contributed by atoms with Crippen LogP contribution in [0.3, 0.4) is 0 Å². The Morgan fingerprint density at radius 1 is 1.23 bits per heavy atom. The van der Waals surface area contributed by atoms with E-state index in [-0.39, 0.29) is 12.0 Å². The first-order valence-corrected chi connectivity index (χ1v) is 5.84.